The van der Waals surface area contributed by atoms with E-state index in [0.717, 1.165) is 34.1 Å². The lowest BCUT2D eigenvalue weighted by Gasteiger charge is -2.12. The van der Waals surface area contributed by atoms with Gasteiger partial charge < -0.3 is 20.8 Å². The summed E-state index contributed by atoms with van der Waals surface area (Å²) >= 11 is 1.03. The quantitative estimate of drug-likeness (QED) is 0.350. The van der Waals surface area contributed by atoms with Crippen LogP contribution in [0.5, 0.6) is 0 Å². The largest absolute Gasteiger partial charge is 0.459 e. The van der Waals surface area contributed by atoms with E-state index < -0.39 is 11.5 Å². The number of hydrogen-bond acceptors (Lipinski definition) is 7. The van der Waals surface area contributed by atoms with Gasteiger partial charge in [0.2, 0.25) is 5.91 Å². The van der Waals surface area contributed by atoms with Crippen molar-refractivity contribution in [1.82, 2.24) is 9.97 Å². The van der Waals surface area contributed by atoms with Gasteiger partial charge in [0.1, 0.15) is 0 Å². The predicted molar refractivity (Wildman–Crippen MR) is 116 cm³/mol. The number of thioether (sulfide) groups is 1. The van der Waals surface area contributed by atoms with Gasteiger partial charge in [-0.05, 0) is 44.0 Å². The average molecular weight is 427 g/mol. The number of aromatic amines is 1. The number of aromatic nitrogens is 2. The minimum atomic E-state index is -0.629. The zero-order chi connectivity index (χ0) is 21.8. The van der Waals surface area contributed by atoms with Crippen molar-refractivity contribution in [3.05, 3.63) is 63.3 Å². The van der Waals surface area contributed by atoms with Gasteiger partial charge in [0.05, 0.1) is 12.0 Å². The standard InChI is InChI=1S/C20H21N5O4S/c1-10-7-11(2)15(12(3)8-10)22-14(26)9-30-20-24-17(21)16(19(28)25-20)23-18(27)13-5-4-6-29-13/h4-8H,9H2,1-3H3,(H,22,26)(H,23,27)(H3,21,24,25,28). The Labute approximate surface area is 176 Å². The van der Waals surface area contributed by atoms with Crippen molar-refractivity contribution in [2.75, 3.05) is 22.1 Å². The van der Waals surface area contributed by atoms with Crippen LogP contribution in [0.2, 0.25) is 0 Å². The van der Waals surface area contributed by atoms with E-state index in [0.29, 0.717) is 0 Å². The summed E-state index contributed by atoms with van der Waals surface area (Å²) in [4.78, 5) is 43.2. The Morgan fingerprint density at radius 2 is 1.87 bits per heavy atom. The number of hydrogen-bond donors (Lipinski definition) is 4. The van der Waals surface area contributed by atoms with E-state index in [9.17, 15) is 14.4 Å². The van der Waals surface area contributed by atoms with Crippen LogP contribution in [0.25, 0.3) is 0 Å². The number of nitrogens with one attached hydrogen (secondary N) is 3. The molecule has 0 bridgehead atoms. The number of rotatable bonds is 6. The van der Waals surface area contributed by atoms with E-state index in [1.54, 1.807) is 6.07 Å². The van der Waals surface area contributed by atoms with Gasteiger partial charge in [0, 0.05) is 5.69 Å². The molecule has 5 N–H and O–H groups in total. The molecule has 3 aromatic rings. The van der Waals surface area contributed by atoms with E-state index >= 15 is 0 Å². The first-order valence-electron chi connectivity index (χ1n) is 8.99. The molecule has 30 heavy (non-hydrogen) atoms. The molecule has 10 heteroatoms. The maximum absolute atomic E-state index is 12.3. The van der Waals surface area contributed by atoms with Gasteiger partial charge >= 0.3 is 0 Å². The maximum atomic E-state index is 12.3. The van der Waals surface area contributed by atoms with Gasteiger partial charge in [-0.1, -0.05) is 29.5 Å². The average Bonchev–Trinajstić information content (AvgIpc) is 3.20. The molecule has 3 rings (SSSR count). The fourth-order valence-electron chi connectivity index (χ4n) is 2.93. The number of nitrogen functional groups attached to an aromatic ring is 1. The summed E-state index contributed by atoms with van der Waals surface area (Å²) < 4.78 is 4.97. The van der Waals surface area contributed by atoms with E-state index in [1.807, 2.05) is 32.9 Å². The van der Waals surface area contributed by atoms with Crippen LogP contribution in [0.3, 0.4) is 0 Å². The van der Waals surface area contributed by atoms with Gasteiger partial charge in [-0.2, -0.15) is 0 Å². The van der Waals surface area contributed by atoms with Gasteiger partial charge in [0.15, 0.2) is 22.4 Å². The summed E-state index contributed by atoms with van der Waals surface area (Å²) in [5, 5.41) is 5.42. The molecule has 156 valence electrons. The van der Waals surface area contributed by atoms with E-state index in [2.05, 4.69) is 20.6 Å². The number of aryl methyl sites for hydroxylation is 3. The van der Waals surface area contributed by atoms with Gasteiger partial charge in [-0.25, -0.2) is 4.98 Å². The maximum Gasteiger partial charge on any atom is 0.291 e. The van der Waals surface area contributed by atoms with Crippen molar-refractivity contribution in [2.45, 2.75) is 25.9 Å². The Balaban J connectivity index is 1.65. The second-order valence-electron chi connectivity index (χ2n) is 6.67. The number of carbonyl (C=O) groups is 2. The molecule has 0 atom stereocenters. The molecule has 2 amide bonds. The van der Waals surface area contributed by atoms with Crippen LogP contribution in [-0.4, -0.2) is 27.5 Å². The first-order valence-corrected chi connectivity index (χ1v) is 9.98. The van der Waals surface area contributed by atoms with Gasteiger partial charge in [-0.15, -0.1) is 0 Å². The molecule has 0 unspecified atom stereocenters. The van der Waals surface area contributed by atoms with Crippen LogP contribution in [0.1, 0.15) is 27.2 Å². The molecule has 0 aliphatic rings. The van der Waals surface area contributed by atoms with Crippen LogP contribution in [0.15, 0.2) is 44.9 Å². The molecule has 0 radical (unpaired) electrons. The van der Waals surface area contributed by atoms with Crippen molar-refractivity contribution in [2.24, 2.45) is 0 Å². The topological polar surface area (TPSA) is 143 Å². The lowest BCUT2D eigenvalue weighted by molar-refractivity contribution is -0.113. The van der Waals surface area contributed by atoms with Crippen molar-refractivity contribution in [3.63, 3.8) is 0 Å². The normalized spacial score (nSPS) is 10.6. The molecule has 2 heterocycles. The van der Waals surface area contributed by atoms with E-state index in [-0.39, 0.29) is 34.1 Å². The first kappa shape index (κ1) is 21.2. The summed E-state index contributed by atoms with van der Waals surface area (Å²) in [6.45, 7) is 5.85. The molecule has 9 nitrogen and oxygen atoms in total. The number of carbonyl (C=O) groups excluding carboxylic acids is 2. The van der Waals surface area contributed by atoms with Crippen molar-refractivity contribution < 1.29 is 14.0 Å². The molecule has 0 saturated carbocycles. The molecular weight excluding hydrogens is 406 g/mol. The minimum absolute atomic E-state index is 0.0211. The van der Waals surface area contributed by atoms with Crippen molar-refractivity contribution in [1.29, 1.82) is 0 Å². The molecule has 1 aromatic carbocycles. The zero-order valence-electron chi connectivity index (χ0n) is 16.7. The predicted octanol–water partition coefficient (Wildman–Crippen LogP) is 2.85. The van der Waals surface area contributed by atoms with Gasteiger partial charge in [0.25, 0.3) is 11.5 Å². The Kier molecular flexibility index (Phi) is 6.26. The highest BCUT2D eigenvalue weighted by Gasteiger charge is 2.16. The highest BCUT2D eigenvalue weighted by molar-refractivity contribution is 7.99. The molecule has 0 fully saturated rings. The number of H-pyrrole nitrogens is 1. The first-order chi connectivity index (χ1) is 14.2. The number of amides is 2. The summed E-state index contributed by atoms with van der Waals surface area (Å²) in [6, 6.07) is 6.98. The number of anilines is 3. The van der Waals surface area contributed by atoms with Crippen molar-refractivity contribution in [3.8, 4) is 0 Å². The molecule has 0 spiro atoms. The highest BCUT2D eigenvalue weighted by Crippen LogP contribution is 2.23. The molecule has 0 aliphatic heterocycles. The van der Waals surface area contributed by atoms with Crippen LogP contribution >= 0.6 is 11.8 Å². The fourth-order valence-corrected chi connectivity index (χ4v) is 3.60. The number of benzene rings is 1. The van der Waals surface area contributed by atoms with Crippen LogP contribution in [0.4, 0.5) is 17.2 Å². The summed E-state index contributed by atoms with van der Waals surface area (Å²) in [5.41, 5.74) is 8.83. The van der Waals surface area contributed by atoms with E-state index in [4.69, 9.17) is 10.2 Å². The van der Waals surface area contributed by atoms with Crippen LogP contribution in [-0.2, 0) is 4.79 Å². The minimum Gasteiger partial charge on any atom is -0.459 e. The molecule has 0 aliphatic carbocycles. The third-order valence-electron chi connectivity index (χ3n) is 4.19. The lowest BCUT2D eigenvalue weighted by Crippen LogP contribution is -2.23. The highest BCUT2D eigenvalue weighted by atomic mass is 32.2. The summed E-state index contributed by atoms with van der Waals surface area (Å²) in [6.07, 6.45) is 1.34. The second kappa shape index (κ2) is 8.87. The molecule has 2 aromatic heterocycles. The number of nitrogens with two attached hydrogens (primary N) is 1. The zero-order valence-corrected chi connectivity index (χ0v) is 17.5. The summed E-state index contributed by atoms with van der Waals surface area (Å²) in [7, 11) is 0. The molecular formula is C20H21N5O4S. The fraction of sp³-hybridized carbons (Fsp3) is 0.200. The Morgan fingerprint density at radius 1 is 1.17 bits per heavy atom. The Morgan fingerprint density at radius 3 is 2.47 bits per heavy atom. The van der Waals surface area contributed by atoms with E-state index in [1.165, 1.54) is 12.3 Å². The van der Waals surface area contributed by atoms with Crippen LogP contribution < -0.4 is 21.9 Å². The van der Waals surface area contributed by atoms with Crippen LogP contribution in [0, 0.1) is 20.8 Å². The molecule has 0 saturated heterocycles. The van der Waals surface area contributed by atoms with Gasteiger partial charge in [-0.3, -0.25) is 19.4 Å². The lowest BCUT2D eigenvalue weighted by atomic mass is 10.1. The van der Waals surface area contributed by atoms with Crippen molar-refractivity contribution >= 4 is 40.8 Å². The number of nitrogens with zero attached hydrogens (tertiary/aromatic N) is 1. The monoisotopic (exact) mass is 427 g/mol. The summed E-state index contributed by atoms with van der Waals surface area (Å²) in [5.74, 6) is -0.973. The SMILES string of the molecule is Cc1cc(C)c(NC(=O)CSc2nc(N)c(NC(=O)c3ccco3)c(=O)[nH]2)c(C)c1. The third-order valence-corrected chi connectivity index (χ3v) is 5.06. The number of furan rings is 1. The Bertz CT molecular complexity index is 1130. The Hall–Kier alpha value is -3.53. The third kappa shape index (κ3) is 4.90. The smallest absolute Gasteiger partial charge is 0.291 e. The second-order valence-corrected chi connectivity index (χ2v) is 7.64.